The molecular weight excluding hydrogens is 364 g/mol. The molecule has 0 spiro atoms. The fraction of sp³-hybridized carbons (Fsp3) is 0.150. The largest absolute Gasteiger partial charge is 0.495 e. The normalized spacial score (nSPS) is 10.4. The van der Waals surface area contributed by atoms with Gasteiger partial charge in [0.1, 0.15) is 23.1 Å². The second kappa shape index (κ2) is 8.05. The van der Waals surface area contributed by atoms with Crippen LogP contribution in [0.5, 0.6) is 5.75 Å². The summed E-state index contributed by atoms with van der Waals surface area (Å²) in [5.74, 6) is 1.14. The predicted octanol–water partition coefficient (Wildman–Crippen LogP) is 4.75. The van der Waals surface area contributed by atoms with Crippen molar-refractivity contribution < 1.29 is 9.53 Å². The third-order valence-electron chi connectivity index (χ3n) is 3.85. The van der Waals surface area contributed by atoms with Gasteiger partial charge in [0.25, 0.3) is 5.91 Å². The lowest BCUT2D eigenvalue weighted by Gasteiger charge is -2.13. The number of hydrogen-bond acceptors (Lipinski definition) is 5. The second-order valence-corrected chi connectivity index (χ2v) is 6.34. The number of nitrogens with zero attached hydrogens (tertiary/aromatic N) is 2. The molecular formula is C20H19ClN4O2. The molecule has 1 heterocycles. The summed E-state index contributed by atoms with van der Waals surface area (Å²) >= 11 is 6.12. The highest BCUT2D eigenvalue weighted by molar-refractivity contribution is 6.31. The van der Waals surface area contributed by atoms with Crippen LogP contribution in [0.3, 0.4) is 0 Å². The molecule has 0 aliphatic heterocycles. The van der Waals surface area contributed by atoms with Crippen LogP contribution in [0.1, 0.15) is 21.9 Å². The zero-order valence-corrected chi connectivity index (χ0v) is 16.0. The van der Waals surface area contributed by atoms with Crippen LogP contribution in [-0.2, 0) is 0 Å². The number of halogens is 1. The Labute approximate surface area is 162 Å². The molecule has 0 fully saturated rings. The van der Waals surface area contributed by atoms with Gasteiger partial charge in [0.15, 0.2) is 0 Å². The number of ether oxygens (including phenoxy) is 1. The molecule has 0 saturated carbocycles. The van der Waals surface area contributed by atoms with Crippen LogP contribution in [0.2, 0.25) is 5.02 Å². The minimum atomic E-state index is -0.364. The average Bonchev–Trinajstić information content (AvgIpc) is 2.64. The van der Waals surface area contributed by atoms with Gasteiger partial charge in [-0.3, -0.25) is 4.79 Å². The number of hydrogen-bond donors (Lipinski definition) is 2. The lowest BCUT2D eigenvalue weighted by Crippen LogP contribution is -2.16. The van der Waals surface area contributed by atoms with E-state index in [0.717, 1.165) is 11.3 Å². The maximum absolute atomic E-state index is 12.7. The first-order chi connectivity index (χ1) is 13.0. The van der Waals surface area contributed by atoms with Crippen LogP contribution in [0.25, 0.3) is 0 Å². The molecule has 0 aliphatic carbocycles. The van der Waals surface area contributed by atoms with Gasteiger partial charge in [-0.25, -0.2) is 9.97 Å². The molecule has 2 aromatic carbocycles. The number of methoxy groups -OCH3 is 1. The molecule has 1 amide bonds. The van der Waals surface area contributed by atoms with E-state index in [-0.39, 0.29) is 11.6 Å². The molecule has 0 radical (unpaired) electrons. The topological polar surface area (TPSA) is 76.1 Å². The van der Waals surface area contributed by atoms with E-state index in [9.17, 15) is 4.79 Å². The van der Waals surface area contributed by atoms with Gasteiger partial charge in [-0.05, 0) is 37.6 Å². The highest BCUT2D eigenvalue weighted by Crippen LogP contribution is 2.31. The third-order valence-corrected chi connectivity index (χ3v) is 4.25. The number of aryl methyl sites for hydroxylation is 2. The Morgan fingerprint density at radius 3 is 2.52 bits per heavy atom. The van der Waals surface area contributed by atoms with Crippen molar-refractivity contribution in [3.63, 3.8) is 0 Å². The first-order valence-electron chi connectivity index (χ1n) is 8.29. The second-order valence-electron chi connectivity index (χ2n) is 5.93. The van der Waals surface area contributed by atoms with Crippen molar-refractivity contribution in [2.75, 3.05) is 17.7 Å². The van der Waals surface area contributed by atoms with E-state index >= 15 is 0 Å². The van der Waals surface area contributed by atoms with Crippen molar-refractivity contribution >= 4 is 34.7 Å². The van der Waals surface area contributed by atoms with Crippen LogP contribution >= 0.6 is 11.6 Å². The van der Waals surface area contributed by atoms with Crippen molar-refractivity contribution in [2.24, 2.45) is 0 Å². The summed E-state index contributed by atoms with van der Waals surface area (Å²) in [6, 6.07) is 14.6. The first-order valence-corrected chi connectivity index (χ1v) is 8.67. The van der Waals surface area contributed by atoms with Crippen molar-refractivity contribution in [1.82, 2.24) is 9.97 Å². The summed E-state index contributed by atoms with van der Waals surface area (Å²) in [6.45, 7) is 3.59. The van der Waals surface area contributed by atoms with E-state index in [1.54, 1.807) is 25.1 Å². The number of amides is 1. The number of para-hydroxylation sites is 1. The molecule has 138 valence electrons. The van der Waals surface area contributed by atoms with E-state index in [1.807, 2.05) is 37.3 Å². The van der Waals surface area contributed by atoms with E-state index in [0.29, 0.717) is 28.1 Å². The zero-order chi connectivity index (χ0) is 19.4. The lowest BCUT2D eigenvalue weighted by atomic mass is 10.2. The molecule has 0 unspecified atom stereocenters. The SMILES string of the molecule is COc1cc(Cl)c(C)cc1NC(=O)c1cc(Nc2ccccc2)nc(C)n1. The van der Waals surface area contributed by atoms with Gasteiger partial charge in [0.05, 0.1) is 12.8 Å². The monoisotopic (exact) mass is 382 g/mol. The van der Waals surface area contributed by atoms with Crippen LogP contribution in [0.15, 0.2) is 48.5 Å². The Hall–Kier alpha value is -3.12. The molecule has 6 nitrogen and oxygen atoms in total. The average molecular weight is 383 g/mol. The molecule has 1 aromatic heterocycles. The van der Waals surface area contributed by atoms with E-state index in [4.69, 9.17) is 16.3 Å². The Morgan fingerprint density at radius 2 is 1.81 bits per heavy atom. The standard InChI is InChI=1S/C20H19ClN4O2/c1-12-9-16(18(27-3)10-15(12)21)25-20(26)17-11-19(23-13(2)22-17)24-14-7-5-4-6-8-14/h4-11H,1-3H3,(H,25,26)(H,22,23,24). The quantitative estimate of drug-likeness (QED) is 0.665. The highest BCUT2D eigenvalue weighted by Gasteiger charge is 2.15. The number of anilines is 3. The minimum Gasteiger partial charge on any atom is -0.495 e. The molecule has 2 N–H and O–H groups in total. The summed E-state index contributed by atoms with van der Waals surface area (Å²) in [6.07, 6.45) is 0. The van der Waals surface area contributed by atoms with Gasteiger partial charge in [-0.15, -0.1) is 0 Å². The summed E-state index contributed by atoms with van der Waals surface area (Å²) in [7, 11) is 1.52. The van der Waals surface area contributed by atoms with Crippen molar-refractivity contribution in [1.29, 1.82) is 0 Å². The number of benzene rings is 2. The molecule has 7 heteroatoms. The Bertz CT molecular complexity index is 977. The van der Waals surface area contributed by atoms with Gasteiger partial charge in [0.2, 0.25) is 0 Å². The summed E-state index contributed by atoms with van der Waals surface area (Å²) in [5.41, 5.74) is 2.48. The van der Waals surface area contributed by atoms with Crippen LogP contribution in [0, 0.1) is 13.8 Å². The smallest absolute Gasteiger partial charge is 0.274 e. The Kier molecular flexibility index (Phi) is 5.57. The van der Waals surface area contributed by atoms with Crippen LogP contribution in [0.4, 0.5) is 17.2 Å². The fourth-order valence-electron chi connectivity index (χ4n) is 2.53. The lowest BCUT2D eigenvalue weighted by molar-refractivity contribution is 0.102. The van der Waals surface area contributed by atoms with Gasteiger partial charge < -0.3 is 15.4 Å². The number of aromatic nitrogens is 2. The van der Waals surface area contributed by atoms with Gasteiger partial charge in [0, 0.05) is 22.8 Å². The maximum Gasteiger partial charge on any atom is 0.274 e. The van der Waals surface area contributed by atoms with Gasteiger partial charge in [-0.1, -0.05) is 29.8 Å². The van der Waals surface area contributed by atoms with Crippen molar-refractivity contribution in [3.05, 3.63) is 70.6 Å². The van der Waals surface area contributed by atoms with Crippen LogP contribution < -0.4 is 15.4 Å². The first kappa shape index (κ1) is 18.7. The van der Waals surface area contributed by atoms with Gasteiger partial charge in [-0.2, -0.15) is 0 Å². The van der Waals surface area contributed by atoms with Crippen molar-refractivity contribution in [2.45, 2.75) is 13.8 Å². The number of carbonyl (C=O) groups excluding carboxylic acids is 1. The predicted molar refractivity (Wildman–Crippen MR) is 107 cm³/mol. The minimum absolute atomic E-state index is 0.246. The Balaban J connectivity index is 1.86. The highest BCUT2D eigenvalue weighted by atomic mass is 35.5. The Morgan fingerprint density at radius 1 is 1.07 bits per heavy atom. The summed E-state index contributed by atoms with van der Waals surface area (Å²) in [5, 5.41) is 6.56. The zero-order valence-electron chi connectivity index (χ0n) is 15.2. The van der Waals surface area contributed by atoms with Crippen LogP contribution in [-0.4, -0.2) is 23.0 Å². The van der Waals surface area contributed by atoms with E-state index < -0.39 is 0 Å². The fourth-order valence-corrected chi connectivity index (χ4v) is 2.69. The molecule has 27 heavy (non-hydrogen) atoms. The molecule has 3 rings (SSSR count). The van der Waals surface area contributed by atoms with Crippen molar-refractivity contribution in [3.8, 4) is 5.75 Å². The molecule has 0 aliphatic rings. The van der Waals surface area contributed by atoms with Gasteiger partial charge >= 0.3 is 0 Å². The van der Waals surface area contributed by atoms with E-state index in [2.05, 4.69) is 20.6 Å². The number of nitrogens with one attached hydrogen (secondary N) is 2. The molecule has 3 aromatic rings. The molecule has 0 bridgehead atoms. The molecule has 0 saturated heterocycles. The summed E-state index contributed by atoms with van der Waals surface area (Å²) in [4.78, 5) is 21.3. The number of rotatable bonds is 5. The van der Waals surface area contributed by atoms with E-state index in [1.165, 1.54) is 7.11 Å². The third kappa shape index (κ3) is 4.54. The summed E-state index contributed by atoms with van der Waals surface area (Å²) < 4.78 is 5.30. The maximum atomic E-state index is 12.7. The number of carbonyl (C=O) groups is 1. The molecule has 0 atom stereocenters.